The van der Waals surface area contributed by atoms with Crippen molar-refractivity contribution >= 4 is 23.6 Å². The smallest absolute Gasteiger partial charge is 0.309 e. The number of hydrogen-bond donors (Lipinski definition) is 2. The number of hydrogen-bond acceptors (Lipinski definition) is 6. The summed E-state index contributed by atoms with van der Waals surface area (Å²) in [4.78, 5) is 40.7. The summed E-state index contributed by atoms with van der Waals surface area (Å²) in [5, 5.41) is 7.02. The summed E-state index contributed by atoms with van der Waals surface area (Å²) in [5.74, 6) is -1.78. The highest BCUT2D eigenvalue weighted by molar-refractivity contribution is 6.38. The minimum absolute atomic E-state index is 0.0494. The van der Waals surface area contributed by atoms with Crippen molar-refractivity contribution < 1.29 is 23.9 Å². The molecule has 0 aromatic heterocycles. The molecule has 0 aromatic rings. The number of nitrogens with zero attached hydrogens (tertiary/aromatic N) is 2. The van der Waals surface area contributed by atoms with Crippen LogP contribution in [0.15, 0.2) is 5.10 Å². The van der Waals surface area contributed by atoms with E-state index >= 15 is 0 Å². The number of likely N-dealkylation sites (N-methyl/N-ethyl adjacent to an activating group) is 1. The normalized spacial score (nSPS) is 26.2. The minimum atomic E-state index is -0.850. The average Bonchev–Trinajstić information content (AvgIpc) is 3.44. The number of carbonyl (C=O) groups is 3. The van der Waals surface area contributed by atoms with Crippen LogP contribution in [0.4, 0.5) is 0 Å². The SMILES string of the molecule is CN1C(=NNC(=O)C(=O)C(NC(=O)C2CCCCC2)C2CCOCC2)OCC12CCCC2. The van der Waals surface area contributed by atoms with E-state index in [1.165, 1.54) is 0 Å². The van der Waals surface area contributed by atoms with Crippen LogP contribution in [0, 0.1) is 11.8 Å². The Morgan fingerprint density at radius 2 is 1.72 bits per heavy atom. The van der Waals surface area contributed by atoms with Gasteiger partial charge >= 0.3 is 11.9 Å². The number of amidine groups is 1. The Labute approximate surface area is 189 Å². The fourth-order valence-electron chi connectivity index (χ4n) is 5.59. The fourth-order valence-corrected chi connectivity index (χ4v) is 5.59. The maximum atomic E-state index is 13.1. The maximum Gasteiger partial charge on any atom is 0.309 e. The van der Waals surface area contributed by atoms with E-state index in [2.05, 4.69) is 15.8 Å². The van der Waals surface area contributed by atoms with Crippen molar-refractivity contribution in [3.05, 3.63) is 0 Å². The lowest BCUT2D eigenvalue weighted by Crippen LogP contribution is -2.53. The largest absolute Gasteiger partial charge is 0.461 e. The van der Waals surface area contributed by atoms with Gasteiger partial charge in [-0.25, -0.2) is 5.43 Å². The number of rotatable bonds is 6. The second kappa shape index (κ2) is 10.2. The van der Waals surface area contributed by atoms with E-state index in [9.17, 15) is 14.4 Å². The van der Waals surface area contributed by atoms with Crippen LogP contribution in [-0.4, -0.2) is 67.0 Å². The number of nitrogens with one attached hydrogen (secondary N) is 2. The van der Waals surface area contributed by atoms with E-state index < -0.39 is 17.7 Å². The van der Waals surface area contributed by atoms with Crippen LogP contribution in [-0.2, 0) is 23.9 Å². The first kappa shape index (κ1) is 23.0. The van der Waals surface area contributed by atoms with Crippen molar-refractivity contribution in [3.8, 4) is 0 Å². The van der Waals surface area contributed by atoms with E-state index in [1.807, 2.05) is 11.9 Å². The molecule has 0 bridgehead atoms. The van der Waals surface area contributed by atoms with Gasteiger partial charge in [0.05, 0.1) is 5.54 Å². The molecule has 4 rings (SSSR count). The lowest BCUT2D eigenvalue weighted by molar-refractivity contribution is -0.142. The monoisotopic (exact) mass is 448 g/mol. The first-order valence-electron chi connectivity index (χ1n) is 12.2. The number of ketones is 1. The number of hydrazone groups is 1. The van der Waals surface area contributed by atoms with Gasteiger partial charge < -0.3 is 19.7 Å². The van der Waals surface area contributed by atoms with Gasteiger partial charge in [-0.15, -0.1) is 5.10 Å². The molecule has 2 aliphatic carbocycles. The average molecular weight is 449 g/mol. The predicted molar refractivity (Wildman–Crippen MR) is 118 cm³/mol. The molecule has 2 heterocycles. The highest BCUT2D eigenvalue weighted by Gasteiger charge is 2.46. The van der Waals surface area contributed by atoms with Crippen LogP contribution < -0.4 is 10.7 Å². The van der Waals surface area contributed by atoms with E-state index in [-0.39, 0.29) is 23.3 Å². The topological polar surface area (TPSA) is 109 Å². The number of amides is 2. The molecule has 4 fully saturated rings. The van der Waals surface area contributed by atoms with Gasteiger partial charge in [-0.1, -0.05) is 32.1 Å². The van der Waals surface area contributed by atoms with Crippen molar-refractivity contribution in [2.75, 3.05) is 26.9 Å². The Kier molecular flexibility index (Phi) is 7.33. The third-order valence-corrected chi connectivity index (χ3v) is 7.77. The van der Waals surface area contributed by atoms with Crippen LogP contribution in [0.2, 0.25) is 0 Å². The Balaban J connectivity index is 1.40. The first-order valence-corrected chi connectivity index (χ1v) is 12.2. The minimum Gasteiger partial charge on any atom is -0.461 e. The van der Waals surface area contributed by atoms with E-state index in [1.54, 1.807) is 0 Å². The summed E-state index contributed by atoms with van der Waals surface area (Å²) < 4.78 is 11.1. The molecule has 1 atom stereocenters. The molecule has 1 spiro atoms. The molecular formula is C23H36N4O5. The summed E-state index contributed by atoms with van der Waals surface area (Å²) >= 11 is 0. The highest BCUT2D eigenvalue weighted by atomic mass is 16.5. The second-order valence-corrected chi connectivity index (χ2v) is 9.75. The first-order chi connectivity index (χ1) is 15.5. The van der Waals surface area contributed by atoms with E-state index in [0.29, 0.717) is 38.7 Å². The van der Waals surface area contributed by atoms with Crippen molar-refractivity contribution in [1.29, 1.82) is 0 Å². The van der Waals surface area contributed by atoms with Crippen LogP contribution >= 0.6 is 0 Å². The predicted octanol–water partition coefficient (Wildman–Crippen LogP) is 1.71. The van der Waals surface area contributed by atoms with Crippen molar-refractivity contribution in [3.63, 3.8) is 0 Å². The lowest BCUT2D eigenvalue weighted by Gasteiger charge is -2.31. The number of Topliss-reactive ketones (excluding diaryl/α,β-unsaturated/α-hetero) is 1. The molecule has 0 aromatic carbocycles. The number of carbonyl (C=O) groups excluding carboxylic acids is 3. The molecule has 2 saturated carbocycles. The van der Waals surface area contributed by atoms with Gasteiger partial charge in [0.15, 0.2) is 0 Å². The summed E-state index contributed by atoms with van der Waals surface area (Å²) in [7, 11) is 1.92. The Bertz CT molecular complexity index is 737. The van der Waals surface area contributed by atoms with Crippen LogP contribution in [0.1, 0.15) is 70.6 Å². The van der Waals surface area contributed by atoms with Crippen LogP contribution in [0.5, 0.6) is 0 Å². The van der Waals surface area contributed by atoms with E-state index in [0.717, 1.165) is 57.8 Å². The van der Waals surface area contributed by atoms with Gasteiger partial charge in [-0.2, -0.15) is 0 Å². The van der Waals surface area contributed by atoms with Gasteiger partial charge in [-0.05, 0) is 44.4 Å². The summed E-state index contributed by atoms with van der Waals surface area (Å²) in [6.07, 6.45) is 10.5. The third kappa shape index (κ3) is 4.92. The molecule has 9 heteroatoms. The summed E-state index contributed by atoms with van der Waals surface area (Å²) in [6, 6.07) is -0.515. The zero-order valence-electron chi connectivity index (χ0n) is 19.1. The Morgan fingerprint density at radius 3 is 2.41 bits per heavy atom. The molecule has 0 radical (unpaired) electrons. The standard InChI is InChI=1S/C23H36N4O5/c1-27-22(32-15-23(27)11-5-6-12-23)26-25-21(30)19(28)18(16-9-13-31-14-10-16)24-20(29)17-7-3-2-4-8-17/h16-18H,2-15H2,1H3,(H,24,29)(H,25,30). The quantitative estimate of drug-likeness (QED) is 0.473. The molecule has 2 N–H and O–H groups in total. The molecule has 2 amide bonds. The molecular weight excluding hydrogens is 412 g/mol. The zero-order valence-corrected chi connectivity index (χ0v) is 19.1. The lowest BCUT2D eigenvalue weighted by atomic mass is 9.85. The molecule has 9 nitrogen and oxygen atoms in total. The van der Waals surface area contributed by atoms with Gasteiger partial charge in [0, 0.05) is 26.2 Å². The van der Waals surface area contributed by atoms with Crippen molar-refractivity contribution in [1.82, 2.24) is 15.6 Å². The zero-order chi connectivity index (χ0) is 22.6. The molecule has 2 aliphatic heterocycles. The van der Waals surface area contributed by atoms with E-state index in [4.69, 9.17) is 9.47 Å². The van der Waals surface area contributed by atoms with Gasteiger partial charge in [0.25, 0.3) is 0 Å². The number of ether oxygens (including phenoxy) is 2. The third-order valence-electron chi connectivity index (χ3n) is 7.77. The van der Waals surface area contributed by atoms with Crippen LogP contribution in [0.3, 0.4) is 0 Å². The molecule has 1 unspecified atom stereocenters. The van der Waals surface area contributed by atoms with Crippen molar-refractivity contribution in [2.24, 2.45) is 16.9 Å². The van der Waals surface area contributed by atoms with Gasteiger partial charge in [0.2, 0.25) is 11.7 Å². The molecule has 4 aliphatic rings. The molecule has 2 saturated heterocycles. The van der Waals surface area contributed by atoms with Crippen molar-refractivity contribution in [2.45, 2.75) is 82.2 Å². The second-order valence-electron chi connectivity index (χ2n) is 9.75. The Morgan fingerprint density at radius 1 is 1.03 bits per heavy atom. The summed E-state index contributed by atoms with van der Waals surface area (Å²) in [6.45, 7) is 1.60. The van der Waals surface area contributed by atoms with Gasteiger partial charge in [-0.3, -0.25) is 14.4 Å². The molecule has 32 heavy (non-hydrogen) atoms. The Hall–Kier alpha value is -2.16. The molecule has 178 valence electrons. The van der Waals surface area contributed by atoms with Crippen LogP contribution in [0.25, 0.3) is 0 Å². The fraction of sp³-hybridized carbons (Fsp3) is 0.826. The maximum absolute atomic E-state index is 13.1. The summed E-state index contributed by atoms with van der Waals surface area (Å²) in [5.41, 5.74) is 2.33. The van der Waals surface area contributed by atoms with Gasteiger partial charge in [0.1, 0.15) is 12.6 Å². The highest BCUT2D eigenvalue weighted by Crippen LogP contribution is 2.38.